The Kier molecular flexibility index (Phi) is 4.40. The van der Waals surface area contributed by atoms with Gasteiger partial charge in [-0.2, -0.15) is 10.2 Å². The average Bonchev–Trinajstić information content (AvgIpc) is 2.85. The third-order valence-corrected chi connectivity index (χ3v) is 3.10. The lowest BCUT2D eigenvalue weighted by Gasteiger charge is -1.97. The predicted octanol–water partition coefficient (Wildman–Crippen LogP) is 1.69. The van der Waals surface area contributed by atoms with E-state index >= 15 is 0 Å². The maximum Gasteiger partial charge on any atom is 0.290 e. The fraction of sp³-hybridized carbons (Fsp3) is 0. The van der Waals surface area contributed by atoms with E-state index in [9.17, 15) is 14.9 Å². The van der Waals surface area contributed by atoms with Crippen molar-refractivity contribution in [1.82, 2.24) is 15.6 Å². The van der Waals surface area contributed by atoms with Crippen molar-refractivity contribution in [3.63, 3.8) is 0 Å². The Labute approximate surface area is 126 Å². The minimum atomic E-state index is -0.497. The maximum absolute atomic E-state index is 11.7. The molecule has 1 heterocycles. The Hall–Kier alpha value is -2.30. The summed E-state index contributed by atoms with van der Waals surface area (Å²) < 4.78 is 0.672. The Morgan fingerprint density at radius 2 is 2.35 bits per heavy atom. The van der Waals surface area contributed by atoms with Crippen LogP contribution in [-0.2, 0) is 0 Å². The van der Waals surface area contributed by atoms with Gasteiger partial charge in [0.15, 0.2) is 0 Å². The molecule has 2 N–H and O–H groups in total. The van der Waals surface area contributed by atoms with E-state index in [-0.39, 0.29) is 5.69 Å². The van der Waals surface area contributed by atoms with Gasteiger partial charge in [0.1, 0.15) is 5.69 Å². The summed E-state index contributed by atoms with van der Waals surface area (Å²) in [6, 6.07) is 5.92. The summed E-state index contributed by atoms with van der Waals surface area (Å²) in [7, 11) is 0. The number of nitro benzene ring substituents is 1. The molecule has 8 nitrogen and oxygen atoms in total. The predicted molar refractivity (Wildman–Crippen MR) is 79.5 cm³/mol. The van der Waals surface area contributed by atoms with Crippen molar-refractivity contribution in [2.45, 2.75) is 0 Å². The van der Waals surface area contributed by atoms with Crippen LogP contribution in [0.3, 0.4) is 0 Å². The number of hydrogen-bond acceptors (Lipinski definition) is 5. The normalized spacial score (nSPS) is 10.7. The third kappa shape index (κ3) is 3.38. The van der Waals surface area contributed by atoms with Crippen molar-refractivity contribution in [2.24, 2.45) is 5.10 Å². The number of carbonyl (C=O) groups is 1. The van der Waals surface area contributed by atoms with Crippen molar-refractivity contribution in [3.8, 4) is 0 Å². The van der Waals surface area contributed by atoms with Gasteiger partial charge in [-0.05, 0) is 22.6 Å². The number of hydrazone groups is 1. The standard InChI is InChI=1S/C11H8IN5O3/c12-9-6-14-15-10(9)11(18)16-13-5-7-2-1-3-8(4-7)17(19)20/h1-6H,(H,14,15)(H,16,18)/b13-5+. The van der Waals surface area contributed by atoms with Gasteiger partial charge in [-0.15, -0.1) is 0 Å². The van der Waals surface area contributed by atoms with Crippen LogP contribution in [-0.4, -0.2) is 27.2 Å². The second kappa shape index (κ2) is 6.23. The topological polar surface area (TPSA) is 113 Å². The number of benzene rings is 1. The highest BCUT2D eigenvalue weighted by Gasteiger charge is 2.10. The molecule has 2 aromatic rings. The van der Waals surface area contributed by atoms with Gasteiger partial charge < -0.3 is 0 Å². The average molecular weight is 385 g/mol. The van der Waals surface area contributed by atoms with Crippen molar-refractivity contribution in [3.05, 3.63) is 55.4 Å². The van der Waals surface area contributed by atoms with Crippen molar-refractivity contribution < 1.29 is 9.72 Å². The van der Waals surface area contributed by atoms with Crippen molar-refractivity contribution in [2.75, 3.05) is 0 Å². The van der Waals surface area contributed by atoms with Crippen LogP contribution in [0.15, 0.2) is 35.6 Å². The summed E-state index contributed by atoms with van der Waals surface area (Å²) in [5, 5.41) is 20.6. The quantitative estimate of drug-likeness (QED) is 0.361. The minimum absolute atomic E-state index is 0.0385. The van der Waals surface area contributed by atoms with Gasteiger partial charge >= 0.3 is 0 Å². The summed E-state index contributed by atoms with van der Waals surface area (Å²) in [4.78, 5) is 21.8. The monoisotopic (exact) mass is 385 g/mol. The molecule has 0 fully saturated rings. The Morgan fingerprint density at radius 1 is 1.55 bits per heavy atom. The van der Waals surface area contributed by atoms with Crippen molar-refractivity contribution >= 4 is 40.4 Å². The molecule has 2 rings (SSSR count). The second-order valence-electron chi connectivity index (χ2n) is 3.64. The third-order valence-electron chi connectivity index (χ3n) is 2.28. The Morgan fingerprint density at radius 3 is 3.00 bits per heavy atom. The first-order chi connectivity index (χ1) is 9.58. The molecule has 0 aliphatic heterocycles. The molecule has 102 valence electrons. The van der Waals surface area contributed by atoms with Gasteiger partial charge in [-0.1, -0.05) is 12.1 Å². The first-order valence-corrected chi connectivity index (χ1v) is 6.42. The van der Waals surface area contributed by atoms with E-state index in [1.54, 1.807) is 12.1 Å². The van der Waals surface area contributed by atoms with Gasteiger partial charge in [0.25, 0.3) is 11.6 Å². The van der Waals surface area contributed by atoms with Gasteiger partial charge in [0.2, 0.25) is 0 Å². The number of amides is 1. The molecule has 0 saturated heterocycles. The molecule has 20 heavy (non-hydrogen) atoms. The van der Waals surface area contributed by atoms with Gasteiger partial charge in [0.05, 0.1) is 20.9 Å². The molecule has 0 aliphatic carbocycles. The number of non-ortho nitro benzene ring substituents is 1. The van der Waals surface area contributed by atoms with E-state index in [4.69, 9.17) is 0 Å². The highest BCUT2D eigenvalue weighted by Crippen LogP contribution is 2.11. The van der Waals surface area contributed by atoms with E-state index in [2.05, 4.69) is 20.7 Å². The zero-order valence-electron chi connectivity index (χ0n) is 9.91. The van der Waals surface area contributed by atoms with E-state index in [1.165, 1.54) is 24.5 Å². The van der Waals surface area contributed by atoms with Crippen LogP contribution in [0.4, 0.5) is 5.69 Å². The lowest BCUT2D eigenvalue weighted by Crippen LogP contribution is -2.19. The van der Waals surface area contributed by atoms with Gasteiger partial charge in [-0.25, -0.2) is 5.43 Å². The van der Waals surface area contributed by atoms with Crippen LogP contribution in [0.2, 0.25) is 0 Å². The lowest BCUT2D eigenvalue weighted by molar-refractivity contribution is -0.384. The highest BCUT2D eigenvalue weighted by atomic mass is 127. The second-order valence-corrected chi connectivity index (χ2v) is 4.81. The number of carbonyl (C=O) groups excluding carboxylic acids is 1. The van der Waals surface area contributed by atoms with E-state index in [0.29, 0.717) is 14.8 Å². The van der Waals surface area contributed by atoms with Crippen molar-refractivity contribution in [1.29, 1.82) is 0 Å². The largest absolute Gasteiger partial charge is 0.290 e. The van der Waals surface area contributed by atoms with Crippen LogP contribution < -0.4 is 5.43 Å². The van der Waals surface area contributed by atoms with Crippen LogP contribution in [0.25, 0.3) is 0 Å². The zero-order chi connectivity index (χ0) is 14.5. The molecular formula is C11H8IN5O3. The van der Waals surface area contributed by atoms with E-state index in [0.717, 1.165) is 0 Å². The fourth-order valence-corrected chi connectivity index (χ4v) is 1.88. The van der Waals surface area contributed by atoms with Crippen LogP contribution >= 0.6 is 22.6 Å². The van der Waals surface area contributed by atoms with E-state index < -0.39 is 10.8 Å². The summed E-state index contributed by atoms with van der Waals surface area (Å²) in [5.74, 6) is -0.436. The molecule has 9 heteroatoms. The molecular weight excluding hydrogens is 377 g/mol. The smallest absolute Gasteiger partial charge is 0.272 e. The number of halogens is 1. The molecule has 0 bridgehead atoms. The van der Waals surface area contributed by atoms with Crippen LogP contribution in [0.5, 0.6) is 0 Å². The van der Waals surface area contributed by atoms with Gasteiger partial charge in [0, 0.05) is 17.7 Å². The Balaban J connectivity index is 2.04. The number of nitro groups is 1. The van der Waals surface area contributed by atoms with Crippen LogP contribution in [0, 0.1) is 13.7 Å². The summed E-state index contributed by atoms with van der Waals surface area (Å²) in [5.41, 5.74) is 3.09. The molecule has 0 radical (unpaired) electrons. The zero-order valence-corrected chi connectivity index (χ0v) is 12.1. The number of aromatic amines is 1. The number of aromatic nitrogens is 2. The van der Waals surface area contributed by atoms with Gasteiger partial charge in [-0.3, -0.25) is 20.0 Å². The fourth-order valence-electron chi connectivity index (χ4n) is 1.37. The molecule has 0 atom stereocenters. The summed E-state index contributed by atoms with van der Waals surface area (Å²) in [6.45, 7) is 0. The molecule has 0 aliphatic rings. The highest BCUT2D eigenvalue weighted by molar-refractivity contribution is 14.1. The number of H-pyrrole nitrogens is 1. The lowest BCUT2D eigenvalue weighted by atomic mass is 10.2. The van der Waals surface area contributed by atoms with E-state index in [1.807, 2.05) is 22.6 Å². The summed E-state index contributed by atoms with van der Waals surface area (Å²) >= 11 is 1.96. The van der Waals surface area contributed by atoms with Crippen LogP contribution in [0.1, 0.15) is 16.1 Å². The Bertz CT molecular complexity index is 682. The molecule has 0 spiro atoms. The number of nitrogens with one attached hydrogen (secondary N) is 2. The molecule has 1 amide bonds. The molecule has 1 aromatic carbocycles. The number of hydrogen-bond donors (Lipinski definition) is 2. The molecule has 0 unspecified atom stereocenters. The number of rotatable bonds is 4. The number of nitrogens with zero attached hydrogens (tertiary/aromatic N) is 3. The maximum atomic E-state index is 11.7. The molecule has 1 aromatic heterocycles. The SMILES string of the molecule is O=C(N/N=C/c1cccc([N+](=O)[O-])c1)c1[nH]ncc1I. The minimum Gasteiger partial charge on any atom is -0.272 e. The molecule has 0 saturated carbocycles. The first kappa shape index (κ1) is 14.1. The first-order valence-electron chi connectivity index (χ1n) is 5.34. The summed E-state index contributed by atoms with van der Waals surface area (Å²) in [6.07, 6.45) is 2.84.